The molecule has 1 aliphatic carbocycles. The highest BCUT2D eigenvalue weighted by atomic mass is 16.3. The van der Waals surface area contributed by atoms with E-state index >= 15 is 0 Å². The first-order valence-corrected chi connectivity index (χ1v) is 8.96. The Morgan fingerprint density at radius 1 is 0.731 bits per heavy atom. The summed E-state index contributed by atoms with van der Waals surface area (Å²) in [5.41, 5.74) is 2.08. The van der Waals surface area contributed by atoms with Crippen LogP contribution in [0.15, 0.2) is 72.8 Å². The molecule has 2 amide bonds. The van der Waals surface area contributed by atoms with E-state index in [0.717, 1.165) is 11.1 Å². The molecular weight excluding hydrogens is 326 g/mol. The fourth-order valence-corrected chi connectivity index (χ4v) is 4.32. The van der Waals surface area contributed by atoms with E-state index in [-0.39, 0.29) is 36.8 Å². The van der Waals surface area contributed by atoms with Gasteiger partial charge in [0.2, 0.25) is 11.8 Å². The molecule has 1 heterocycles. The number of fused-ring (bicyclic) bond motifs is 1. The molecule has 26 heavy (non-hydrogen) atoms. The molecule has 1 N–H and O–H groups in total. The summed E-state index contributed by atoms with van der Waals surface area (Å²) in [5, 5.41) is 9.30. The van der Waals surface area contributed by atoms with Crippen LogP contribution in [0.1, 0.15) is 23.0 Å². The number of amides is 2. The van der Waals surface area contributed by atoms with Gasteiger partial charge in [0.05, 0.1) is 25.0 Å². The van der Waals surface area contributed by atoms with Crippen LogP contribution in [0.5, 0.6) is 0 Å². The zero-order chi connectivity index (χ0) is 18.1. The van der Waals surface area contributed by atoms with Crippen molar-refractivity contribution in [2.75, 3.05) is 13.2 Å². The number of benzene rings is 2. The number of aliphatic hydroxyl groups excluding tert-OH is 1. The highest BCUT2D eigenvalue weighted by Gasteiger charge is 2.54. The van der Waals surface area contributed by atoms with Gasteiger partial charge < -0.3 is 5.11 Å². The minimum absolute atomic E-state index is 0.0632. The van der Waals surface area contributed by atoms with Gasteiger partial charge in [0.15, 0.2) is 0 Å². The van der Waals surface area contributed by atoms with Gasteiger partial charge in [0.25, 0.3) is 0 Å². The average Bonchev–Trinajstić information content (AvgIpc) is 2.95. The van der Waals surface area contributed by atoms with Gasteiger partial charge in [-0.1, -0.05) is 72.8 Å². The van der Waals surface area contributed by atoms with Gasteiger partial charge in [-0.15, -0.1) is 0 Å². The maximum Gasteiger partial charge on any atom is 0.234 e. The molecule has 4 heteroatoms. The van der Waals surface area contributed by atoms with Gasteiger partial charge in [-0.25, -0.2) is 0 Å². The van der Waals surface area contributed by atoms with Crippen molar-refractivity contribution in [2.45, 2.75) is 11.8 Å². The number of carbonyl (C=O) groups is 2. The van der Waals surface area contributed by atoms with Gasteiger partial charge in [-0.2, -0.15) is 0 Å². The van der Waals surface area contributed by atoms with Crippen molar-refractivity contribution >= 4 is 11.8 Å². The summed E-state index contributed by atoms with van der Waals surface area (Å²) in [6.45, 7) is -0.149. The molecule has 4 atom stereocenters. The molecule has 4 rings (SSSR count). The third kappa shape index (κ3) is 2.67. The second-order valence-corrected chi connectivity index (χ2v) is 6.86. The van der Waals surface area contributed by atoms with Crippen LogP contribution < -0.4 is 0 Å². The van der Waals surface area contributed by atoms with Gasteiger partial charge in [0, 0.05) is 11.8 Å². The third-order valence-electron chi connectivity index (χ3n) is 5.48. The summed E-state index contributed by atoms with van der Waals surface area (Å²) < 4.78 is 0. The van der Waals surface area contributed by atoms with Crippen LogP contribution in [0.2, 0.25) is 0 Å². The molecule has 0 unspecified atom stereocenters. The Morgan fingerprint density at radius 3 is 1.54 bits per heavy atom. The molecule has 0 radical (unpaired) electrons. The van der Waals surface area contributed by atoms with E-state index < -0.39 is 11.8 Å². The van der Waals surface area contributed by atoms with E-state index in [1.54, 1.807) is 0 Å². The number of rotatable bonds is 4. The third-order valence-corrected chi connectivity index (χ3v) is 5.48. The van der Waals surface area contributed by atoms with Gasteiger partial charge in [-0.05, 0) is 11.1 Å². The van der Waals surface area contributed by atoms with Crippen molar-refractivity contribution in [3.8, 4) is 0 Å². The van der Waals surface area contributed by atoms with Crippen LogP contribution in [0, 0.1) is 11.8 Å². The quantitative estimate of drug-likeness (QED) is 0.683. The zero-order valence-corrected chi connectivity index (χ0v) is 14.4. The van der Waals surface area contributed by atoms with Crippen molar-refractivity contribution in [1.29, 1.82) is 0 Å². The number of aliphatic hydroxyl groups is 1. The molecular formula is C22H21NO3. The van der Waals surface area contributed by atoms with Crippen LogP contribution >= 0.6 is 0 Å². The largest absolute Gasteiger partial charge is 0.395 e. The highest BCUT2D eigenvalue weighted by Crippen LogP contribution is 2.49. The maximum absolute atomic E-state index is 13.1. The normalized spacial score (nSPS) is 27.7. The van der Waals surface area contributed by atoms with E-state index in [4.69, 9.17) is 0 Å². The van der Waals surface area contributed by atoms with Gasteiger partial charge in [-0.3, -0.25) is 14.5 Å². The molecule has 2 aliphatic rings. The predicted molar refractivity (Wildman–Crippen MR) is 98.3 cm³/mol. The summed E-state index contributed by atoms with van der Waals surface area (Å²) in [6.07, 6.45) is 4.14. The minimum Gasteiger partial charge on any atom is -0.395 e. The standard InChI is InChI=1S/C22H21NO3/c24-14-13-23-21(25)19-17(15-7-3-1-4-8-15)11-12-18(20(19)22(23)26)16-9-5-2-6-10-16/h1-12,17-20,24H,13-14H2/t17-,18+,19-,20-/m0/s1. The van der Waals surface area contributed by atoms with Crippen molar-refractivity contribution < 1.29 is 14.7 Å². The van der Waals surface area contributed by atoms with E-state index in [0.29, 0.717) is 0 Å². The van der Waals surface area contributed by atoms with Crippen molar-refractivity contribution in [2.24, 2.45) is 11.8 Å². The van der Waals surface area contributed by atoms with E-state index in [1.807, 2.05) is 60.7 Å². The second kappa shape index (κ2) is 6.89. The molecule has 0 aromatic heterocycles. The Bertz CT molecular complexity index is 763. The number of likely N-dealkylation sites (tertiary alicyclic amines) is 1. The Morgan fingerprint density at radius 2 is 1.15 bits per heavy atom. The van der Waals surface area contributed by atoms with Crippen LogP contribution in [-0.2, 0) is 9.59 Å². The van der Waals surface area contributed by atoms with Crippen LogP contribution in [-0.4, -0.2) is 35.0 Å². The van der Waals surface area contributed by atoms with Crippen LogP contribution in [0.25, 0.3) is 0 Å². The fourth-order valence-electron chi connectivity index (χ4n) is 4.32. The molecule has 2 aromatic rings. The zero-order valence-electron chi connectivity index (χ0n) is 14.4. The molecule has 1 aliphatic heterocycles. The fraction of sp³-hybridized carbons (Fsp3) is 0.273. The summed E-state index contributed by atoms with van der Waals surface area (Å²) in [5.74, 6) is -1.44. The summed E-state index contributed by atoms with van der Waals surface area (Å²) in [7, 11) is 0. The lowest BCUT2D eigenvalue weighted by molar-refractivity contribution is -0.140. The minimum atomic E-state index is -0.424. The molecule has 2 aromatic carbocycles. The summed E-state index contributed by atoms with van der Waals surface area (Å²) in [4.78, 5) is 27.4. The van der Waals surface area contributed by atoms with Gasteiger partial charge in [0.1, 0.15) is 0 Å². The molecule has 132 valence electrons. The van der Waals surface area contributed by atoms with Crippen molar-refractivity contribution in [1.82, 2.24) is 4.90 Å². The smallest absolute Gasteiger partial charge is 0.234 e. The molecule has 1 saturated heterocycles. The number of nitrogens with zero attached hydrogens (tertiary/aromatic N) is 1. The molecule has 4 nitrogen and oxygen atoms in total. The lowest BCUT2D eigenvalue weighted by Crippen LogP contribution is -2.34. The first-order valence-electron chi connectivity index (χ1n) is 8.96. The van der Waals surface area contributed by atoms with Gasteiger partial charge >= 0.3 is 0 Å². The molecule has 0 bridgehead atoms. The van der Waals surface area contributed by atoms with Crippen molar-refractivity contribution in [3.05, 3.63) is 83.9 Å². The number of hydrogen-bond acceptors (Lipinski definition) is 3. The predicted octanol–water partition coefficient (Wildman–Crippen LogP) is 2.72. The SMILES string of the molecule is O=C1[C@@H]2[C@@H](C(=O)N1CCO)[C@H](c1ccccc1)C=C[C@@H]2c1ccccc1. The maximum atomic E-state index is 13.1. The lowest BCUT2D eigenvalue weighted by atomic mass is 9.68. The molecule has 1 fully saturated rings. The number of imide groups is 1. The number of carbonyl (C=O) groups excluding carboxylic acids is 2. The first kappa shape index (κ1) is 16.7. The van der Waals surface area contributed by atoms with E-state index in [1.165, 1.54) is 4.90 Å². The number of allylic oxidation sites excluding steroid dienone is 2. The van der Waals surface area contributed by atoms with Crippen molar-refractivity contribution in [3.63, 3.8) is 0 Å². The Hall–Kier alpha value is -2.72. The Kier molecular flexibility index (Phi) is 4.43. The highest BCUT2D eigenvalue weighted by molar-refractivity contribution is 6.06. The Labute approximate surface area is 152 Å². The second-order valence-electron chi connectivity index (χ2n) is 6.86. The first-order chi connectivity index (χ1) is 12.7. The topological polar surface area (TPSA) is 57.6 Å². The summed E-state index contributed by atoms with van der Waals surface area (Å²) in [6, 6.07) is 19.7. The lowest BCUT2D eigenvalue weighted by Gasteiger charge is -2.32. The molecule has 0 spiro atoms. The van der Waals surface area contributed by atoms with Crippen LogP contribution in [0.4, 0.5) is 0 Å². The average molecular weight is 347 g/mol. The summed E-state index contributed by atoms with van der Waals surface area (Å²) >= 11 is 0. The number of hydrogen-bond donors (Lipinski definition) is 1. The number of β-amino-alcohol motifs (C(OH)–C–C–N with tert-alkyl or cyclic N) is 1. The Balaban J connectivity index is 1.80. The molecule has 0 saturated carbocycles. The van der Waals surface area contributed by atoms with Crippen LogP contribution in [0.3, 0.4) is 0 Å². The van der Waals surface area contributed by atoms with E-state index in [2.05, 4.69) is 12.2 Å². The monoisotopic (exact) mass is 347 g/mol. The van der Waals surface area contributed by atoms with E-state index in [9.17, 15) is 14.7 Å².